The van der Waals surface area contributed by atoms with Gasteiger partial charge < -0.3 is 15.0 Å². The molecule has 6 heteroatoms. The van der Waals surface area contributed by atoms with E-state index >= 15 is 0 Å². The van der Waals surface area contributed by atoms with Gasteiger partial charge in [-0.15, -0.1) is 12.6 Å². The SMILES string of the molecule is CN1CCOC(CNC(=O)c2cc(S)ccc2F)C1. The van der Waals surface area contributed by atoms with Crippen LogP contribution in [0.2, 0.25) is 0 Å². The van der Waals surface area contributed by atoms with Gasteiger partial charge in [-0.05, 0) is 25.2 Å². The summed E-state index contributed by atoms with van der Waals surface area (Å²) in [4.78, 5) is 14.6. The highest BCUT2D eigenvalue weighted by molar-refractivity contribution is 7.80. The van der Waals surface area contributed by atoms with Crippen LogP contribution in [0.4, 0.5) is 4.39 Å². The highest BCUT2D eigenvalue weighted by Gasteiger charge is 2.19. The molecule has 2 rings (SSSR count). The smallest absolute Gasteiger partial charge is 0.254 e. The van der Waals surface area contributed by atoms with Crippen molar-refractivity contribution in [2.75, 3.05) is 33.3 Å². The number of ether oxygens (including phenoxy) is 1. The van der Waals surface area contributed by atoms with Gasteiger partial charge in [0.1, 0.15) is 5.82 Å². The van der Waals surface area contributed by atoms with Crippen molar-refractivity contribution in [2.24, 2.45) is 0 Å². The number of nitrogens with zero attached hydrogens (tertiary/aromatic N) is 1. The molecule has 19 heavy (non-hydrogen) atoms. The molecule has 1 aliphatic rings. The lowest BCUT2D eigenvalue weighted by Crippen LogP contribution is -2.46. The average molecular weight is 284 g/mol. The summed E-state index contributed by atoms with van der Waals surface area (Å²) in [5.41, 5.74) is 0.0108. The summed E-state index contributed by atoms with van der Waals surface area (Å²) in [6.45, 7) is 2.67. The largest absolute Gasteiger partial charge is 0.374 e. The van der Waals surface area contributed by atoms with Gasteiger partial charge in [-0.2, -0.15) is 0 Å². The number of carbonyl (C=O) groups excluding carboxylic acids is 1. The number of hydrogen-bond acceptors (Lipinski definition) is 4. The minimum absolute atomic E-state index is 0.0108. The Morgan fingerprint density at radius 3 is 3.16 bits per heavy atom. The first-order chi connectivity index (χ1) is 9.06. The molecule has 1 amide bonds. The van der Waals surface area contributed by atoms with Crippen molar-refractivity contribution >= 4 is 18.5 Å². The predicted molar refractivity (Wildman–Crippen MR) is 73.2 cm³/mol. The summed E-state index contributed by atoms with van der Waals surface area (Å²) < 4.78 is 19.0. The number of rotatable bonds is 3. The van der Waals surface area contributed by atoms with Crippen LogP contribution in [0, 0.1) is 5.82 Å². The zero-order chi connectivity index (χ0) is 13.8. The molecule has 1 heterocycles. The van der Waals surface area contributed by atoms with Crippen LogP contribution in [0.5, 0.6) is 0 Å². The van der Waals surface area contributed by atoms with Gasteiger partial charge in [0.15, 0.2) is 0 Å². The lowest BCUT2D eigenvalue weighted by molar-refractivity contribution is -0.0175. The summed E-state index contributed by atoms with van der Waals surface area (Å²) in [5, 5.41) is 2.69. The molecule has 1 aromatic rings. The molecule has 1 atom stereocenters. The molecule has 0 spiro atoms. The van der Waals surface area contributed by atoms with E-state index in [2.05, 4.69) is 22.8 Å². The molecule has 0 aliphatic carbocycles. The third-order valence-electron chi connectivity index (χ3n) is 3.03. The second kappa shape index (κ2) is 6.36. The Morgan fingerprint density at radius 1 is 1.63 bits per heavy atom. The fourth-order valence-electron chi connectivity index (χ4n) is 1.98. The Morgan fingerprint density at radius 2 is 2.42 bits per heavy atom. The lowest BCUT2D eigenvalue weighted by atomic mass is 10.2. The summed E-state index contributed by atoms with van der Waals surface area (Å²) >= 11 is 4.10. The van der Waals surface area contributed by atoms with E-state index in [9.17, 15) is 9.18 Å². The number of amides is 1. The average Bonchev–Trinajstić information content (AvgIpc) is 2.39. The Hall–Kier alpha value is -1.11. The summed E-state index contributed by atoms with van der Waals surface area (Å²) in [6.07, 6.45) is -0.0510. The number of carbonyl (C=O) groups is 1. The van der Waals surface area contributed by atoms with Crippen molar-refractivity contribution in [1.82, 2.24) is 10.2 Å². The Labute approximate surface area is 117 Å². The number of hydrogen-bond donors (Lipinski definition) is 2. The van der Waals surface area contributed by atoms with E-state index in [1.165, 1.54) is 18.2 Å². The van der Waals surface area contributed by atoms with E-state index in [0.29, 0.717) is 18.0 Å². The Kier molecular flexibility index (Phi) is 4.79. The normalized spacial score (nSPS) is 20.3. The van der Waals surface area contributed by atoms with Gasteiger partial charge in [-0.25, -0.2) is 4.39 Å². The molecule has 1 fully saturated rings. The molecule has 0 saturated carbocycles. The van der Waals surface area contributed by atoms with Crippen LogP contribution in [0.25, 0.3) is 0 Å². The third kappa shape index (κ3) is 3.92. The van der Waals surface area contributed by atoms with Crippen molar-refractivity contribution in [3.63, 3.8) is 0 Å². The first-order valence-electron chi connectivity index (χ1n) is 6.13. The number of benzene rings is 1. The zero-order valence-corrected chi connectivity index (χ0v) is 11.6. The van der Waals surface area contributed by atoms with E-state index in [-0.39, 0.29) is 11.7 Å². The maximum Gasteiger partial charge on any atom is 0.254 e. The minimum atomic E-state index is -0.544. The van der Waals surface area contributed by atoms with Crippen LogP contribution >= 0.6 is 12.6 Å². The second-order valence-corrected chi connectivity index (χ2v) is 5.15. The first-order valence-corrected chi connectivity index (χ1v) is 6.58. The number of halogens is 1. The fraction of sp³-hybridized carbons (Fsp3) is 0.462. The maximum atomic E-state index is 13.5. The van der Waals surface area contributed by atoms with Crippen LogP contribution in [-0.4, -0.2) is 50.2 Å². The summed E-state index contributed by atoms with van der Waals surface area (Å²) in [5.74, 6) is -0.984. The Bertz CT molecular complexity index is 470. The molecular weight excluding hydrogens is 267 g/mol. The Balaban J connectivity index is 1.92. The molecule has 104 valence electrons. The van der Waals surface area contributed by atoms with Gasteiger partial charge in [-0.1, -0.05) is 0 Å². The van der Waals surface area contributed by atoms with Crippen molar-refractivity contribution in [3.05, 3.63) is 29.6 Å². The summed E-state index contributed by atoms with van der Waals surface area (Å²) in [7, 11) is 2.00. The predicted octanol–water partition coefficient (Wildman–Crippen LogP) is 1.17. The van der Waals surface area contributed by atoms with Gasteiger partial charge >= 0.3 is 0 Å². The van der Waals surface area contributed by atoms with Crippen LogP contribution in [0.1, 0.15) is 10.4 Å². The zero-order valence-electron chi connectivity index (χ0n) is 10.7. The van der Waals surface area contributed by atoms with Crippen molar-refractivity contribution in [3.8, 4) is 0 Å². The highest BCUT2D eigenvalue weighted by atomic mass is 32.1. The van der Waals surface area contributed by atoms with Crippen LogP contribution in [0.3, 0.4) is 0 Å². The number of nitrogens with one attached hydrogen (secondary N) is 1. The van der Waals surface area contributed by atoms with Gasteiger partial charge in [0.05, 0.1) is 18.3 Å². The van der Waals surface area contributed by atoms with E-state index in [1.807, 2.05) is 7.05 Å². The number of likely N-dealkylation sites (N-methyl/N-ethyl adjacent to an activating group) is 1. The molecule has 0 aromatic heterocycles. The van der Waals surface area contributed by atoms with Crippen molar-refractivity contribution in [1.29, 1.82) is 0 Å². The van der Waals surface area contributed by atoms with Crippen molar-refractivity contribution < 1.29 is 13.9 Å². The molecule has 0 bridgehead atoms. The van der Waals surface area contributed by atoms with Crippen LogP contribution < -0.4 is 5.32 Å². The van der Waals surface area contributed by atoms with E-state index in [1.54, 1.807) is 0 Å². The topological polar surface area (TPSA) is 41.6 Å². The van der Waals surface area contributed by atoms with Gasteiger partial charge in [0.25, 0.3) is 5.91 Å². The molecule has 1 aliphatic heterocycles. The second-order valence-electron chi connectivity index (χ2n) is 4.63. The quantitative estimate of drug-likeness (QED) is 0.819. The molecule has 1 unspecified atom stereocenters. The molecule has 1 N–H and O–H groups in total. The number of morpholine rings is 1. The molecular formula is C13H17FN2O2S. The van der Waals surface area contributed by atoms with Crippen LogP contribution in [0.15, 0.2) is 23.1 Å². The van der Waals surface area contributed by atoms with Gasteiger partial charge in [0.2, 0.25) is 0 Å². The lowest BCUT2D eigenvalue weighted by Gasteiger charge is -2.30. The van der Waals surface area contributed by atoms with E-state index in [4.69, 9.17) is 4.74 Å². The molecule has 1 saturated heterocycles. The first kappa shape index (κ1) is 14.3. The molecule has 0 radical (unpaired) electrons. The van der Waals surface area contributed by atoms with Crippen molar-refractivity contribution in [2.45, 2.75) is 11.0 Å². The third-order valence-corrected chi connectivity index (χ3v) is 3.30. The summed E-state index contributed by atoms with van der Waals surface area (Å²) in [6, 6.07) is 4.16. The highest BCUT2D eigenvalue weighted by Crippen LogP contribution is 2.13. The fourth-order valence-corrected chi connectivity index (χ4v) is 2.18. The van der Waals surface area contributed by atoms with Gasteiger partial charge in [-0.3, -0.25) is 4.79 Å². The van der Waals surface area contributed by atoms with E-state index < -0.39 is 11.7 Å². The van der Waals surface area contributed by atoms with Gasteiger partial charge in [0, 0.05) is 24.5 Å². The minimum Gasteiger partial charge on any atom is -0.374 e. The maximum absolute atomic E-state index is 13.5. The molecule has 4 nitrogen and oxygen atoms in total. The van der Waals surface area contributed by atoms with Crippen LogP contribution in [-0.2, 0) is 4.74 Å². The monoisotopic (exact) mass is 284 g/mol. The number of thiol groups is 1. The van der Waals surface area contributed by atoms with E-state index in [0.717, 1.165) is 13.1 Å². The molecule has 1 aromatic carbocycles. The standard InChI is InChI=1S/C13H17FN2O2S/c1-16-4-5-18-9(8-16)7-15-13(17)11-6-10(19)2-3-12(11)14/h2-3,6,9,19H,4-5,7-8H2,1H3,(H,15,17).